The predicted octanol–water partition coefficient (Wildman–Crippen LogP) is 5.43. The fraction of sp³-hybridized carbons (Fsp3) is 0.176. The Morgan fingerprint density at radius 2 is 2.00 bits per heavy atom. The number of hydrogen-bond donors (Lipinski definition) is 1. The zero-order valence-corrected chi connectivity index (χ0v) is 13.8. The van der Waals surface area contributed by atoms with Crippen molar-refractivity contribution in [2.75, 3.05) is 0 Å². The third-order valence-corrected chi connectivity index (χ3v) is 4.43. The molecule has 0 bridgehead atoms. The van der Waals surface area contributed by atoms with Gasteiger partial charge in [0.05, 0.1) is 6.10 Å². The van der Waals surface area contributed by atoms with Crippen LogP contribution in [0.1, 0.15) is 23.0 Å². The Balaban J connectivity index is 1.97. The Morgan fingerprint density at radius 3 is 2.76 bits per heavy atom. The molecule has 0 saturated carbocycles. The molecule has 0 spiro atoms. The number of para-hydroxylation sites is 1. The lowest BCUT2D eigenvalue weighted by atomic mass is 9.99. The molecule has 0 aliphatic rings. The summed E-state index contributed by atoms with van der Waals surface area (Å²) < 4.78 is 6.63. The lowest BCUT2D eigenvalue weighted by molar-refractivity contribution is 0.177. The van der Waals surface area contributed by atoms with Gasteiger partial charge in [0.15, 0.2) is 0 Å². The molecular formula is C17H14BrClO2. The Labute approximate surface area is 136 Å². The SMILES string of the molecule is Cc1oc2ccccc2c1C(O)Cc1ccc(Br)cc1Cl. The van der Waals surface area contributed by atoms with Gasteiger partial charge in [-0.05, 0) is 30.7 Å². The summed E-state index contributed by atoms with van der Waals surface area (Å²) in [5.74, 6) is 0.747. The van der Waals surface area contributed by atoms with Gasteiger partial charge in [-0.2, -0.15) is 0 Å². The number of furan rings is 1. The molecule has 108 valence electrons. The molecule has 0 aliphatic heterocycles. The number of rotatable bonds is 3. The zero-order valence-electron chi connectivity index (χ0n) is 11.4. The van der Waals surface area contributed by atoms with Gasteiger partial charge < -0.3 is 9.52 Å². The highest BCUT2D eigenvalue weighted by Crippen LogP contribution is 2.33. The Hall–Kier alpha value is -1.29. The van der Waals surface area contributed by atoms with Gasteiger partial charge >= 0.3 is 0 Å². The van der Waals surface area contributed by atoms with Crippen LogP contribution in [0.4, 0.5) is 0 Å². The van der Waals surface area contributed by atoms with Crippen LogP contribution >= 0.6 is 27.5 Å². The minimum absolute atomic E-state index is 0.455. The molecule has 0 radical (unpaired) electrons. The Kier molecular flexibility index (Phi) is 4.07. The van der Waals surface area contributed by atoms with Crippen molar-refractivity contribution < 1.29 is 9.52 Å². The average Bonchev–Trinajstić information content (AvgIpc) is 2.77. The first-order chi connectivity index (χ1) is 10.1. The topological polar surface area (TPSA) is 33.4 Å². The van der Waals surface area contributed by atoms with Gasteiger partial charge in [-0.25, -0.2) is 0 Å². The van der Waals surface area contributed by atoms with Gasteiger partial charge in [-0.15, -0.1) is 0 Å². The van der Waals surface area contributed by atoms with E-state index < -0.39 is 6.10 Å². The second-order valence-corrected chi connectivity index (χ2v) is 6.35. The zero-order chi connectivity index (χ0) is 15.0. The molecule has 1 atom stereocenters. The van der Waals surface area contributed by atoms with Gasteiger partial charge in [0.2, 0.25) is 0 Å². The lowest BCUT2D eigenvalue weighted by Crippen LogP contribution is -2.03. The Bertz CT molecular complexity index is 795. The van der Waals surface area contributed by atoms with Gasteiger partial charge in [-0.3, -0.25) is 0 Å². The van der Waals surface area contributed by atoms with Crippen LogP contribution < -0.4 is 0 Å². The molecule has 2 aromatic carbocycles. The molecule has 3 rings (SSSR count). The van der Waals surface area contributed by atoms with Crippen LogP contribution in [0, 0.1) is 6.92 Å². The average molecular weight is 366 g/mol. The largest absolute Gasteiger partial charge is 0.461 e. The van der Waals surface area contributed by atoms with Crippen molar-refractivity contribution in [3.05, 3.63) is 68.8 Å². The van der Waals surface area contributed by atoms with Gasteiger partial charge in [0.25, 0.3) is 0 Å². The van der Waals surface area contributed by atoms with E-state index in [1.54, 1.807) is 0 Å². The third-order valence-electron chi connectivity index (χ3n) is 3.58. The summed E-state index contributed by atoms with van der Waals surface area (Å²) in [5, 5.41) is 12.2. The van der Waals surface area contributed by atoms with Crippen LogP contribution in [-0.4, -0.2) is 5.11 Å². The summed E-state index contributed by atoms with van der Waals surface area (Å²) in [4.78, 5) is 0. The molecule has 0 fully saturated rings. The molecule has 21 heavy (non-hydrogen) atoms. The number of aliphatic hydroxyl groups excluding tert-OH is 1. The van der Waals surface area contributed by atoms with E-state index in [4.69, 9.17) is 16.0 Å². The van der Waals surface area contributed by atoms with Crippen LogP contribution in [0.2, 0.25) is 5.02 Å². The number of aliphatic hydroxyl groups is 1. The second kappa shape index (κ2) is 5.84. The molecule has 1 unspecified atom stereocenters. The maximum absolute atomic E-state index is 10.6. The van der Waals surface area contributed by atoms with Crippen molar-refractivity contribution in [2.45, 2.75) is 19.4 Å². The summed E-state index contributed by atoms with van der Waals surface area (Å²) in [6, 6.07) is 13.4. The van der Waals surface area contributed by atoms with Crippen molar-refractivity contribution in [2.24, 2.45) is 0 Å². The predicted molar refractivity (Wildman–Crippen MR) is 88.8 cm³/mol. The molecule has 4 heteroatoms. The van der Waals surface area contributed by atoms with Crippen LogP contribution in [-0.2, 0) is 6.42 Å². The van der Waals surface area contributed by atoms with Crippen molar-refractivity contribution in [3.63, 3.8) is 0 Å². The second-order valence-electron chi connectivity index (χ2n) is 5.02. The molecular weight excluding hydrogens is 352 g/mol. The number of aryl methyl sites for hydroxylation is 1. The molecule has 3 aromatic rings. The first-order valence-corrected chi connectivity index (χ1v) is 7.83. The summed E-state index contributed by atoms with van der Waals surface area (Å²) in [7, 11) is 0. The van der Waals surface area contributed by atoms with Crippen molar-refractivity contribution in [3.8, 4) is 0 Å². The van der Waals surface area contributed by atoms with E-state index in [1.807, 2.05) is 49.4 Å². The normalized spacial score (nSPS) is 12.8. The van der Waals surface area contributed by atoms with Gasteiger partial charge in [-0.1, -0.05) is 51.8 Å². The molecule has 2 nitrogen and oxygen atoms in total. The lowest BCUT2D eigenvalue weighted by Gasteiger charge is -2.12. The van der Waals surface area contributed by atoms with Crippen molar-refractivity contribution in [1.29, 1.82) is 0 Å². The standard InChI is InChI=1S/C17H14BrClO2/c1-10-17(13-4-2-3-5-16(13)21-10)15(20)8-11-6-7-12(18)9-14(11)19/h2-7,9,15,20H,8H2,1H3. The Morgan fingerprint density at radius 1 is 1.24 bits per heavy atom. The number of benzene rings is 2. The molecule has 0 aliphatic carbocycles. The van der Waals surface area contributed by atoms with Gasteiger partial charge in [0, 0.05) is 26.9 Å². The van der Waals surface area contributed by atoms with Crippen molar-refractivity contribution >= 4 is 38.5 Å². The highest BCUT2D eigenvalue weighted by Gasteiger charge is 2.19. The van der Waals surface area contributed by atoms with E-state index in [9.17, 15) is 5.11 Å². The number of halogens is 2. The monoisotopic (exact) mass is 364 g/mol. The summed E-state index contributed by atoms with van der Waals surface area (Å²) >= 11 is 9.61. The van der Waals surface area contributed by atoms with E-state index in [0.717, 1.165) is 32.3 Å². The molecule has 1 aromatic heterocycles. The highest BCUT2D eigenvalue weighted by molar-refractivity contribution is 9.10. The van der Waals surface area contributed by atoms with E-state index in [0.29, 0.717) is 11.4 Å². The molecule has 1 N–H and O–H groups in total. The first-order valence-electron chi connectivity index (χ1n) is 6.66. The summed E-state index contributed by atoms with van der Waals surface area (Å²) in [6.07, 6.45) is -0.191. The summed E-state index contributed by atoms with van der Waals surface area (Å²) in [6.45, 7) is 1.88. The summed E-state index contributed by atoms with van der Waals surface area (Å²) in [5.41, 5.74) is 2.55. The van der Waals surface area contributed by atoms with Crippen LogP contribution in [0.5, 0.6) is 0 Å². The fourth-order valence-corrected chi connectivity index (χ4v) is 3.35. The highest BCUT2D eigenvalue weighted by atomic mass is 79.9. The third kappa shape index (κ3) is 2.86. The number of fused-ring (bicyclic) bond motifs is 1. The minimum Gasteiger partial charge on any atom is -0.461 e. The van der Waals surface area contributed by atoms with E-state index >= 15 is 0 Å². The van der Waals surface area contributed by atoms with Crippen molar-refractivity contribution in [1.82, 2.24) is 0 Å². The van der Waals surface area contributed by atoms with Crippen LogP contribution in [0.15, 0.2) is 51.4 Å². The molecule has 0 amide bonds. The van der Waals surface area contributed by atoms with E-state index in [2.05, 4.69) is 15.9 Å². The first kappa shape index (κ1) is 14.6. The number of hydrogen-bond acceptors (Lipinski definition) is 2. The van der Waals surface area contributed by atoms with Crippen LogP contribution in [0.25, 0.3) is 11.0 Å². The van der Waals surface area contributed by atoms with E-state index in [1.165, 1.54) is 0 Å². The minimum atomic E-state index is -0.646. The molecule has 0 saturated heterocycles. The maximum atomic E-state index is 10.6. The quantitative estimate of drug-likeness (QED) is 0.671. The fourth-order valence-electron chi connectivity index (χ4n) is 2.60. The van der Waals surface area contributed by atoms with Crippen LogP contribution in [0.3, 0.4) is 0 Å². The van der Waals surface area contributed by atoms with Gasteiger partial charge in [0.1, 0.15) is 11.3 Å². The van der Waals surface area contributed by atoms with E-state index in [-0.39, 0.29) is 0 Å². The smallest absolute Gasteiger partial charge is 0.134 e. The molecule has 1 heterocycles. The maximum Gasteiger partial charge on any atom is 0.134 e.